The molecule has 0 aromatic carbocycles. The van der Waals surface area contributed by atoms with Crippen molar-refractivity contribution in [1.29, 1.82) is 0 Å². The third-order valence-electron chi connectivity index (χ3n) is 1.99. The normalized spacial score (nSPS) is 20.9. The third kappa shape index (κ3) is 1.93. The second-order valence-corrected chi connectivity index (χ2v) is 2.64. The summed E-state index contributed by atoms with van der Waals surface area (Å²) in [5, 5.41) is 3.33. The highest BCUT2D eigenvalue weighted by atomic mass is 14.9. The Morgan fingerprint density at radius 3 is 1.91 bits per heavy atom. The molecule has 1 nitrogen and oxygen atoms in total. The summed E-state index contributed by atoms with van der Waals surface area (Å²) < 4.78 is 0. The van der Waals surface area contributed by atoms with E-state index in [4.69, 9.17) is 0 Å². The lowest BCUT2D eigenvalue weighted by Crippen LogP contribution is -2.04. The minimum absolute atomic E-state index is 1.10. The number of hydrogen-bond acceptors (Lipinski definition) is 1. The SMILES string of the molecule is C1=C2CNCC2=CCC1.CC. The van der Waals surface area contributed by atoms with Crippen molar-refractivity contribution in [2.45, 2.75) is 26.7 Å². The van der Waals surface area contributed by atoms with Crippen molar-refractivity contribution < 1.29 is 0 Å². The zero-order chi connectivity index (χ0) is 8.10. The molecule has 0 amide bonds. The first kappa shape index (κ1) is 8.54. The maximum Gasteiger partial charge on any atom is 0.0208 e. The highest BCUT2D eigenvalue weighted by Gasteiger charge is 2.13. The van der Waals surface area contributed by atoms with Gasteiger partial charge in [0.1, 0.15) is 0 Å². The molecule has 0 aromatic heterocycles. The number of fused-ring (bicyclic) bond motifs is 1. The molecule has 0 atom stereocenters. The summed E-state index contributed by atoms with van der Waals surface area (Å²) in [6.07, 6.45) is 7.21. The van der Waals surface area contributed by atoms with Crippen LogP contribution in [0.2, 0.25) is 0 Å². The monoisotopic (exact) mass is 151 g/mol. The van der Waals surface area contributed by atoms with Gasteiger partial charge in [0.05, 0.1) is 0 Å². The van der Waals surface area contributed by atoms with E-state index in [2.05, 4.69) is 17.5 Å². The van der Waals surface area contributed by atoms with Crippen LogP contribution >= 0.6 is 0 Å². The fraction of sp³-hybridized carbons (Fsp3) is 0.600. The standard InChI is InChI=1S/C8H11N.C2H6/c1-2-4-8-6-9-5-7(8)3-1;1-2/h3-4,9H,1-2,5-6H2;1-2H3. The van der Waals surface area contributed by atoms with Gasteiger partial charge in [-0.3, -0.25) is 0 Å². The Morgan fingerprint density at radius 1 is 1.00 bits per heavy atom. The van der Waals surface area contributed by atoms with Crippen LogP contribution in [0.3, 0.4) is 0 Å². The summed E-state index contributed by atoms with van der Waals surface area (Å²) in [6.45, 7) is 6.21. The average molecular weight is 151 g/mol. The van der Waals surface area contributed by atoms with E-state index in [1.807, 2.05) is 13.8 Å². The molecule has 0 bridgehead atoms. The van der Waals surface area contributed by atoms with Crippen molar-refractivity contribution in [2.24, 2.45) is 0 Å². The maximum absolute atomic E-state index is 3.33. The molecular formula is C10H17N. The second kappa shape index (κ2) is 4.35. The lowest BCUT2D eigenvalue weighted by molar-refractivity contribution is 0.895. The van der Waals surface area contributed by atoms with Gasteiger partial charge in [-0.05, 0) is 24.0 Å². The van der Waals surface area contributed by atoms with Crippen molar-refractivity contribution >= 4 is 0 Å². The van der Waals surface area contributed by atoms with E-state index in [0.717, 1.165) is 13.1 Å². The van der Waals surface area contributed by atoms with Crippen molar-refractivity contribution in [3.8, 4) is 0 Å². The van der Waals surface area contributed by atoms with Crippen LogP contribution in [0, 0.1) is 0 Å². The Labute approximate surface area is 69.2 Å². The van der Waals surface area contributed by atoms with Crippen LogP contribution in [-0.2, 0) is 0 Å². The summed E-state index contributed by atoms with van der Waals surface area (Å²) >= 11 is 0. The van der Waals surface area contributed by atoms with Crippen molar-refractivity contribution in [2.75, 3.05) is 13.1 Å². The van der Waals surface area contributed by atoms with E-state index < -0.39 is 0 Å². The van der Waals surface area contributed by atoms with Gasteiger partial charge < -0.3 is 5.32 Å². The van der Waals surface area contributed by atoms with Crippen molar-refractivity contribution in [3.63, 3.8) is 0 Å². The van der Waals surface area contributed by atoms with E-state index >= 15 is 0 Å². The zero-order valence-electron chi connectivity index (χ0n) is 7.48. The highest BCUT2D eigenvalue weighted by Crippen LogP contribution is 2.20. The van der Waals surface area contributed by atoms with Crippen LogP contribution in [0.25, 0.3) is 0 Å². The molecule has 0 spiro atoms. The molecule has 0 aromatic rings. The molecule has 1 N–H and O–H groups in total. The lowest BCUT2D eigenvalue weighted by atomic mass is 10.0. The Kier molecular flexibility index (Phi) is 3.37. The largest absolute Gasteiger partial charge is 0.309 e. The number of hydrogen-bond donors (Lipinski definition) is 1. The summed E-state index contributed by atoms with van der Waals surface area (Å²) in [7, 11) is 0. The summed E-state index contributed by atoms with van der Waals surface area (Å²) in [4.78, 5) is 0. The molecule has 1 aliphatic carbocycles. The molecule has 1 saturated heterocycles. The van der Waals surface area contributed by atoms with Gasteiger partial charge >= 0.3 is 0 Å². The third-order valence-corrected chi connectivity index (χ3v) is 1.99. The summed E-state index contributed by atoms with van der Waals surface area (Å²) in [6, 6.07) is 0. The first-order valence-corrected chi connectivity index (χ1v) is 4.56. The van der Waals surface area contributed by atoms with Gasteiger partial charge in [-0.25, -0.2) is 0 Å². The summed E-state index contributed by atoms with van der Waals surface area (Å²) in [5.74, 6) is 0. The first-order chi connectivity index (χ1) is 5.47. The van der Waals surface area contributed by atoms with Crippen LogP contribution in [0.4, 0.5) is 0 Å². The lowest BCUT2D eigenvalue weighted by Gasteiger charge is -2.04. The Morgan fingerprint density at radius 2 is 1.45 bits per heavy atom. The molecule has 1 aliphatic heterocycles. The molecule has 0 saturated carbocycles. The molecule has 0 unspecified atom stereocenters. The molecule has 0 radical (unpaired) electrons. The van der Waals surface area contributed by atoms with Gasteiger partial charge in [-0.2, -0.15) is 0 Å². The predicted molar refractivity (Wildman–Crippen MR) is 49.6 cm³/mol. The molecule has 2 aliphatic rings. The topological polar surface area (TPSA) is 12.0 Å². The van der Waals surface area contributed by atoms with Crippen LogP contribution in [0.5, 0.6) is 0 Å². The molecule has 1 heteroatoms. The molecule has 62 valence electrons. The van der Waals surface area contributed by atoms with Gasteiger partial charge in [0.15, 0.2) is 0 Å². The second-order valence-electron chi connectivity index (χ2n) is 2.64. The number of nitrogens with one attached hydrogen (secondary N) is 1. The van der Waals surface area contributed by atoms with Gasteiger partial charge in [-0.1, -0.05) is 26.0 Å². The minimum atomic E-state index is 1.10. The zero-order valence-corrected chi connectivity index (χ0v) is 7.48. The smallest absolute Gasteiger partial charge is 0.0208 e. The van der Waals surface area contributed by atoms with Crippen LogP contribution in [0.15, 0.2) is 23.3 Å². The van der Waals surface area contributed by atoms with Gasteiger partial charge in [0.25, 0.3) is 0 Å². The average Bonchev–Trinajstić information content (AvgIpc) is 2.55. The van der Waals surface area contributed by atoms with Gasteiger partial charge in [0, 0.05) is 13.1 Å². The van der Waals surface area contributed by atoms with Gasteiger partial charge in [-0.15, -0.1) is 0 Å². The van der Waals surface area contributed by atoms with E-state index in [-0.39, 0.29) is 0 Å². The molecule has 11 heavy (non-hydrogen) atoms. The molecular weight excluding hydrogens is 134 g/mol. The van der Waals surface area contributed by atoms with E-state index in [1.54, 1.807) is 11.1 Å². The van der Waals surface area contributed by atoms with Crippen LogP contribution in [-0.4, -0.2) is 13.1 Å². The molecule has 1 heterocycles. The summed E-state index contributed by atoms with van der Waals surface area (Å²) in [5.41, 5.74) is 3.09. The van der Waals surface area contributed by atoms with E-state index in [9.17, 15) is 0 Å². The quantitative estimate of drug-likeness (QED) is 0.560. The Hall–Kier alpha value is -0.560. The Balaban J connectivity index is 0.000000281. The fourth-order valence-electron chi connectivity index (χ4n) is 1.48. The first-order valence-electron chi connectivity index (χ1n) is 4.56. The van der Waals surface area contributed by atoms with Crippen LogP contribution < -0.4 is 5.32 Å². The van der Waals surface area contributed by atoms with Crippen LogP contribution in [0.1, 0.15) is 26.7 Å². The fourth-order valence-corrected chi connectivity index (χ4v) is 1.48. The van der Waals surface area contributed by atoms with Crippen molar-refractivity contribution in [1.82, 2.24) is 5.32 Å². The van der Waals surface area contributed by atoms with E-state index in [1.165, 1.54) is 12.8 Å². The Bertz CT molecular complexity index is 157. The van der Waals surface area contributed by atoms with E-state index in [0.29, 0.717) is 0 Å². The molecule has 1 fully saturated rings. The predicted octanol–water partition coefficient (Wildman–Crippen LogP) is 2.26. The number of rotatable bonds is 0. The maximum atomic E-state index is 3.33. The highest BCUT2D eigenvalue weighted by molar-refractivity contribution is 5.39. The minimum Gasteiger partial charge on any atom is -0.309 e. The van der Waals surface area contributed by atoms with Crippen molar-refractivity contribution in [3.05, 3.63) is 23.3 Å². The van der Waals surface area contributed by atoms with Gasteiger partial charge in [0.2, 0.25) is 0 Å². The number of allylic oxidation sites excluding steroid dienone is 2. The molecule has 2 rings (SSSR count).